The average Bonchev–Trinajstić information content (AvgIpc) is 3.05. The first kappa shape index (κ1) is 20.2. The molecule has 3 aromatic rings. The lowest BCUT2D eigenvalue weighted by atomic mass is 10.1. The van der Waals surface area contributed by atoms with Gasteiger partial charge in [0.05, 0.1) is 12.8 Å². The van der Waals surface area contributed by atoms with Crippen molar-refractivity contribution in [2.24, 2.45) is 0 Å². The van der Waals surface area contributed by atoms with Crippen molar-refractivity contribution in [1.82, 2.24) is 0 Å². The highest BCUT2D eigenvalue weighted by molar-refractivity contribution is 5.99. The second-order valence-electron chi connectivity index (χ2n) is 6.72. The molecule has 0 aliphatic carbocycles. The van der Waals surface area contributed by atoms with Gasteiger partial charge in [-0.05, 0) is 44.5 Å². The van der Waals surface area contributed by atoms with E-state index in [1.165, 1.54) is 7.11 Å². The number of carbonyl (C=O) groups excluding carboxylic acids is 2. The smallest absolute Gasteiger partial charge is 0.342 e. The maximum Gasteiger partial charge on any atom is 0.342 e. The molecular formula is C23H23NO5. The Morgan fingerprint density at radius 1 is 1.00 bits per heavy atom. The molecule has 2 aromatic carbocycles. The third-order valence-corrected chi connectivity index (χ3v) is 4.44. The van der Waals surface area contributed by atoms with E-state index in [1.807, 2.05) is 19.1 Å². The summed E-state index contributed by atoms with van der Waals surface area (Å²) in [6, 6.07) is 15.9. The topological polar surface area (TPSA) is 77.8 Å². The van der Waals surface area contributed by atoms with Gasteiger partial charge in [0, 0.05) is 5.56 Å². The minimum absolute atomic E-state index is 0.296. The normalized spacial score (nSPS) is 11.6. The van der Waals surface area contributed by atoms with Crippen LogP contribution in [0.5, 0.6) is 5.75 Å². The van der Waals surface area contributed by atoms with Gasteiger partial charge in [0.15, 0.2) is 0 Å². The van der Waals surface area contributed by atoms with Gasteiger partial charge in [-0.25, -0.2) is 4.79 Å². The Labute approximate surface area is 169 Å². The molecule has 0 saturated carbocycles. The van der Waals surface area contributed by atoms with E-state index in [4.69, 9.17) is 13.9 Å². The van der Waals surface area contributed by atoms with E-state index in [0.717, 1.165) is 5.56 Å². The van der Waals surface area contributed by atoms with E-state index < -0.39 is 18.0 Å². The van der Waals surface area contributed by atoms with Crippen LogP contribution in [0.4, 0.5) is 5.69 Å². The quantitative estimate of drug-likeness (QED) is 0.612. The molecule has 1 heterocycles. The molecule has 0 bridgehead atoms. The van der Waals surface area contributed by atoms with E-state index in [9.17, 15) is 9.59 Å². The summed E-state index contributed by atoms with van der Waals surface area (Å²) in [6.45, 7) is 5.34. The van der Waals surface area contributed by atoms with Gasteiger partial charge in [-0.15, -0.1) is 0 Å². The largest absolute Gasteiger partial charge is 0.495 e. The Balaban J connectivity index is 1.90. The van der Waals surface area contributed by atoms with Crippen LogP contribution < -0.4 is 10.1 Å². The summed E-state index contributed by atoms with van der Waals surface area (Å²) in [5.74, 6) is 0.453. The number of nitrogens with one attached hydrogen (secondary N) is 1. The predicted molar refractivity (Wildman–Crippen MR) is 109 cm³/mol. The fourth-order valence-electron chi connectivity index (χ4n) is 3.02. The number of hydrogen-bond acceptors (Lipinski definition) is 5. The van der Waals surface area contributed by atoms with Crippen LogP contribution in [0.2, 0.25) is 0 Å². The van der Waals surface area contributed by atoms with Crippen molar-refractivity contribution in [1.29, 1.82) is 0 Å². The zero-order chi connectivity index (χ0) is 21.0. The molecule has 0 unspecified atom stereocenters. The lowest BCUT2D eigenvalue weighted by Crippen LogP contribution is -2.26. The number of ether oxygens (including phenoxy) is 2. The summed E-state index contributed by atoms with van der Waals surface area (Å²) < 4.78 is 16.3. The van der Waals surface area contributed by atoms with Crippen LogP contribution in [0.3, 0.4) is 0 Å². The number of methoxy groups -OCH3 is 1. The molecule has 0 spiro atoms. The van der Waals surface area contributed by atoms with Crippen LogP contribution in [0.25, 0.3) is 0 Å². The Kier molecular flexibility index (Phi) is 6.02. The molecule has 1 atom stereocenters. The standard InChI is InChI=1S/C23H23NO5/c1-14-10-11-20(27-4)19(12-14)24-22(25)21(17-8-6-5-7-9-17)29-23(26)18-13-15(2)28-16(18)3/h5-13,21H,1-4H3,(H,24,25)/t21-/m1/s1. The van der Waals surface area contributed by atoms with Crippen LogP contribution in [0.1, 0.15) is 39.1 Å². The summed E-state index contributed by atoms with van der Waals surface area (Å²) in [4.78, 5) is 25.8. The fraction of sp³-hybridized carbons (Fsp3) is 0.217. The van der Waals surface area contributed by atoms with Gasteiger partial charge in [0.2, 0.25) is 6.10 Å². The number of rotatable bonds is 6. The molecule has 0 fully saturated rings. The van der Waals surface area contributed by atoms with E-state index in [1.54, 1.807) is 56.3 Å². The van der Waals surface area contributed by atoms with Gasteiger partial charge in [-0.2, -0.15) is 0 Å². The minimum Gasteiger partial charge on any atom is -0.495 e. The maximum atomic E-state index is 13.1. The SMILES string of the molecule is COc1ccc(C)cc1NC(=O)[C@H](OC(=O)c1cc(C)oc1C)c1ccccc1. The van der Waals surface area contributed by atoms with Crippen molar-refractivity contribution in [3.8, 4) is 5.75 Å². The highest BCUT2D eigenvalue weighted by Gasteiger charge is 2.28. The monoisotopic (exact) mass is 393 g/mol. The van der Waals surface area contributed by atoms with E-state index >= 15 is 0 Å². The van der Waals surface area contributed by atoms with Gasteiger partial charge in [-0.1, -0.05) is 36.4 Å². The molecule has 6 nitrogen and oxygen atoms in total. The third kappa shape index (κ3) is 4.66. The third-order valence-electron chi connectivity index (χ3n) is 4.44. The zero-order valence-corrected chi connectivity index (χ0v) is 16.8. The number of esters is 1. The Bertz CT molecular complexity index is 1020. The van der Waals surface area contributed by atoms with Crippen molar-refractivity contribution in [2.75, 3.05) is 12.4 Å². The molecule has 0 aliphatic rings. The van der Waals surface area contributed by atoms with E-state index in [2.05, 4.69) is 5.32 Å². The Hall–Kier alpha value is -3.54. The second-order valence-corrected chi connectivity index (χ2v) is 6.72. The zero-order valence-electron chi connectivity index (χ0n) is 16.8. The fourth-order valence-corrected chi connectivity index (χ4v) is 3.02. The average molecular weight is 393 g/mol. The summed E-state index contributed by atoms with van der Waals surface area (Å²) in [7, 11) is 1.53. The van der Waals surface area contributed by atoms with Crippen molar-refractivity contribution in [3.05, 3.63) is 82.8 Å². The summed E-state index contributed by atoms with van der Waals surface area (Å²) in [5.41, 5.74) is 2.32. The molecule has 29 heavy (non-hydrogen) atoms. The number of amides is 1. The first-order chi connectivity index (χ1) is 13.9. The number of carbonyl (C=O) groups is 2. The number of anilines is 1. The van der Waals surface area contributed by atoms with Crippen LogP contribution in [0, 0.1) is 20.8 Å². The molecule has 0 radical (unpaired) electrons. The second kappa shape index (κ2) is 8.65. The van der Waals surface area contributed by atoms with Gasteiger partial charge in [0.25, 0.3) is 5.91 Å². The highest BCUT2D eigenvalue weighted by atomic mass is 16.5. The summed E-state index contributed by atoms with van der Waals surface area (Å²) in [5, 5.41) is 2.81. The van der Waals surface area contributed by atoms with Crippen LogP contribution in [-0.2, 0) is 9.53 Å². The molecule has 1 aromatic heterocycles. The lowest BCUT2D eigenvalue weighted by molar-refractivity contribution is -0.125. The van der Waals surface area contributed by atoms with Crippen LogP contribution in [-0.4, -0.2) is 19.0 Å². The Morgan fingerprint density at radius 3 is 2.34 bits per heavy atom. The van der Waals surface area contributed by atoms with E-state index in [-0.39, 0.29) is 0 Å². The van der Waals surface area contributed by atoms with Gasteiger partial charge in [-0.3, -0.25) is 4.79 Å². The minimum atomic E-state index is -1.14. The first-order valence-corrected chi connectivity index (χ1v) is 9.17. The van der Waals surface area contributed by atoms with Crippen molar-refractivity contribution in [2.45, 2.75) is 26.9 Å². The molecule has 1 N–H and O–H groups in total. The van der Waals surface area contributed by atoms with Gasteiger partial charge >= 0.3 is 5.97 Å². The molecular weight excluding hydrogens is 370 g/mol. The first-order valence-electron chi connectivity index (χ1n) is 9.17. The van der Waals surface area contributed by atoms with Gasteiger partial charge < -0.3 is 19.2 Å². The summed E-state index contributed by atoms with van der Waals surface area (Å²) in [6.07, 6.45) is -1.14. The van der Waals surface area contributed by atoms with Crippen LogP contribution in [0.15, 0.2) is 59.0 Å². The van der Waals surface area contributed by atoms with Crippen LogP contribution >= 0.6 is 0 Å². The molecule has 0 saturated heterocycles. The number of furan rings is 1. The van der Waals surface area contributed by atoms with Gasteiger partial charge in [0.1, 0.15) is 22.8 Å². The van der Waals surface area contributed by atoms with Crippen molar-refractivity contribution < 1.29 is 23.5 Å². The molecule has 0 aliphatic heterocycles. The molecule has 3 rings (SSSR count). The predicted octanol–water partition coefficient (Wildman–Crippen LogP) is 4.75. The molecule has 150 valence electrons. The summed E-state index contributed by atoms with van der Waals surface area (Å²) >= 11 is 0. The number of benzene rings is 2. The van der Waals surface area contributed by atoms with Crippen molar-refractivity contribution >= 4 is 17.6 Å². The Morgan fingerprint density at radius 2 is 1.72 bits per heavy atom. The molecule has 1 amide bonds. The highest BCUT2D eigenvalue weighted by Crippen LogP contribution is 2.28. The maximum absolute atomic E-state index is 13.1. The van der Waals surface area contributed by atoms with Crippen molar-refractivity contribution in [3.63, 3.8) is 0 Å². The lowest BCUT2D eigenvalue weighted by Gasteiger charge is -2.19. The van der Waals surface area contributed by atoms with E-state index in [0.29, 0.717) is 34.1 Å². The molecule has 6 heteroatoms. The number of aryl methyl sites for hydroxylation is 3. The number of hydrogen-bond donors (Lipinski definition) is 1.